The summed E-state index contributed by atoms with van der Waals surface area (Å²) in [7, 11) is 3.78. The molecule has 20 heavy (non-hydrogen) atoms. The third-order valence-electron chi connectivity index (χ3n) is 2.74. The fourth-order valence-corrected chi connectivity index (χ4v) is 1.69. The summed E-state index contributed by atoms with van der Waals surface area (Å²) in [6.07, 6.45) is 1.25. The molecule has 6 heteroatoms. The van der Waals surface area contributed by atoms with Gasteiger partial charge < -0.3 is 15.3 Å². The van der Waals surface area contributed by atoms with Crippen LogP contribution in [0.25, 0.3) is 0 Å². The van der Waals surface area contributed by atoms with E-state index in [0.717, 1.165) is 11.8 Å². The summed E-state index contributed by atoms with van der Waals surface area (Å²) in [4.78, 5) is 16.6. The Morgan fingerprint density at radius 2 is 2.10 bits per heavy atom. The third kappa shape index (κ3) is 2.85. The molecule has 0 atom stereocenters. The van der Waals surface area contributed by atoms with Crippen LogP contribution in [0.4, 0.5) is 21.6 Å². The highest BCUT2D eigenvalue weighted by molar-refractivity contribution is 5.89. The number of nitrogens with one attached hydrogen (secondary N) is 1. The molecule has 0 fully saturated rings. The van der Waals surface area contributed by atoms with Crippen LogP contribution in [0.5, 0.6) is 0 Å². The number of carboxylic acid groups (broad SMARTS) is 1. The molecule has 2 rings (SSSR count). The van der Waals surface area contributed by atoms with E-state index in [-0.39, 0.29) is 5.82 Å². The normalized spacial score (nSPS) is 10.2. The van der Waals surface area contributed by atoms with E-state index in [1.807, 2.05) is 37.2 Å². The molecule has 0 saturated carbocycles. The van der Waals surface area contributed by atoms with Crippen molar-refractivity contribution in [2.24, 2.45) is 0 Å². The number of pyridine rings is 1. The first kappa shape index (κ1) is 13.8. The fourth-order valence-electron chi connectivity index (χ4n) is 1.69. The first-order valence-corrected chi connectivity index (χ1v) is 5.91. The van der Waals surface area contributed by atoms with Gasteiger partial charge in [0.2, 0.25) is 0 Å². The molecule has 1 aromatic heterocycles. The number of carbonyl (C=O) groups is 1. The lowest BCUT2D eigenvalue weighted by Gasteiger charge is -2.14. The predicted molar refractivity (Wildman–Crippen MR) is 75.2 cm³/mol. The molecule has 0 radical (unpaired) electrons. The van der Waals surface area contributed by atoms with Gasteiger partial charge >= 0.3 is 5.97 Å². The van der Waals surface area contributed by atoms with E-state index in [9.17, 15) is 9.18 Å². The second-order valence-electron chi connectivity index (χ2n) is 4.40. The van der Waals surface area contributed by atoms with E-state index in [0.29, 0.717) is 5.69 Å². The molecule has 2 aromatic rings. The van der Waals surface area contributed by atoms with Crippen LogP contribution in [-0.4, -0.2) is 30.2 Å². The molecule has 2 N–H and O–H groups in total. The number of halogens is 1. The Bertz CT molecular complexity index is 644. The molecule has 1 heterocycles. The lowest BCUT2D eigenvalue weighted by molar-refractivity contribution is 0.0692. The summed E-state index contributed by atoms with van der Waals surface area (Å²) in [6, 6.07) is 8.41. The summed E-state index contributed by atoms with van der Waals surface area (Å²) < 4.78 is 14.0. The molecule has 1 aromatic carbocycles. The minimum Gasteiger partial charge on any atom is -0.478 e. The molecule has 0 spiro atoms. The quantitative estimate of drug-likeness (QED) is 0.898. The van der Waals surface area contributed by atoms with E-state index in [1.165, 1.54) is 6.20 Å². The van der Waals surface area contributed by atoms with Crippen LogP contribution in [0.3, 0.4) is 0 Å². The number of aromatic nitrogens is 1. The summed E-state index contributed by atoms with van der Waals surface area (Å²) in [5.41, 5.74) is 1.15. The Morgan fingerprint density at radius 3 is 2.75 bits per heavy atom. The summed E-state index contributed by atoms with van der Waals surface area (Å²) in [6.45, 7) is 0. The first-order valence-electron chi connectivity index (χ1n) is 5.91. The van der Waals surface area contributed by atoms with E-state index >= 15 is 0 Å². The number of hydrogen-bond acceptors (Lipinski definition) is 4. The smallest absolute Gasteiger partial charge is 0.338 e. The SMILES string of the molecule is CN(C)c1cccc(Nc2nccc(C(=O)O)c2F)c1. The van der Waals surface area contributed by atoms with Crippen molar-refractivity contribution >= 4 is 23.2 Å². The van der Waals surface area contributed by atoms with Gasteiger partial charge in [-0.05, 0) is 24.3 Å². The third-order valence-corrected chi connectivity index (χ3v) is 2.74. The van der Waals surface area contributed by atoms with Crippen LogP contribution in [-0.2, 0) is 0 Å². The van der Waals surface area contributed by atoms with Crippen molar-refractivity contribution in [3.8, 4) is 0 Å². The van der Waals surface area contributed by atoms with Gasteiger partial charge in [0.15, 0.2) is 11.6 Å². The number of anilines is 3. The molecule has 104 valence electrons. The highest BCUT2D eigenvalue weighted by Gasteiger charge is 2.15. The number of benzene rings is 1. The van der Waals surface area contributed by atoms with Gasteiger partial charge in [-0.1, -0.05) is 6.07 Å². The highest BCUT2D eigenvalue weighted by atomic mass is 19.1. The molecule has 0 aliphatic rings. The zero-order valence-electron chi connectivity index (χ0n) is 11.1. The maximum atomic E-state index is 14.0. The number of hydrogen-bond donors (Lipinski definition) is 2. The highest BCUT2D eigenvalue weighted by Crippen LogP contribution is 2.23. The second-order valence-corrected chi connectivity index (χ2v) is 4.40. The van der Waals surface area contributed by atoms with Gasteiger partial charge in [0.1, 0.15) is 5.56 Å². The van der Waals surface area contributed by atoms with Crippen molar-refractivity contribution < 1.29 is 14.3 Å². The zero-order valence-corrected chi connectivity index (χ0v) is 11.1. The summed E-state index contributed by atoms with van der Waals surface area (Å²) in [5, 5.41) is 11.7. The van der Waals surface area contributed by atoms with E-state index in [2.05, 4.69) is 10.3 Å². The second kappa shape index (κ2) is 5.56. The van der Waals surface area contributed by atoms with Crippen molar-refractivity contribution in [1.82, 2.24) is 4.98 Å². The van der Waals surface area contributed by atoms with Crippen LogP contribution in [0.1, 0.15) is 10.4 Å². The lowest BCUT2D eigenvalue weighted by Crippen LogP contribution is -2.09. The summed E-state index contributed by atoms with van der Waals surface area (Å²) in [5.74, 6) is -2.31. The molecule has 0 unspecified atom stereocenters. The number of rotatable bonds is 4. The molecular weight excluding hydrogens is 261 g/mol. The van der Waals surface area contributed by atoms with Crippen molar-refractivity contribution in [1.29, 1.82) is 0 Å². The van der Waals surface area contributed by atoms with Gasteiger partial charge in [-0.25, -0.2) is 14.2 Å². The minimum absolute atomic E-state index is 0.110. The standard InChI is InChI=1S/C14H14FN3O2/c1-18(2)10-5-3-4-9(8-10)17-13-12(15)11(14(19)20)6-7-16-13/h3-8H,1-2H3,(H,16,17)(H,19,20). The molecule has 0 saturated heterocycles. The molecular formula is C14H14FN3O2. The van der Waals surface area contributed by atoms with Crippen molar-refractivity contribution in [3.63, 3.8) is 0 Å². The van der Waals surface area contributed by atoms with Crippen molar-refractivity contribution in [2.45, 2.75) is 0 Å². The van der Waals surface area contributed by atoms with Gasteiger partial charge in [0.05, 0.1) is 0 Å². The van der Waals surface area contributed by atoms with E-state index in [4.69, 9.17) is 5.11 Å². The lowest BCUT2D eigenvalue weighted by atomic mass is 10.2. The van der Waals surface area contributed by atoms with Gasteiger partial charge in [-0.3, -0.25) is 0 Å². The van der Waals surface area contributed by atoms with Crippen molar-refractivity contribution in [2.75, 3.05) is 24.3 Å². The van der Waals surface area contributed by atoms with Gasteiger partial charge in [0, 0.05) is 31.7 Å². The fraction of sp³-hybridized carbons (Fsp3) is 0.143. The Balaban J connectivity index is 2.33. The topological polar surface area (TPSA) is 65.5 Å². The average molecular weight is 275 g/mol. The maximum Gasteiger partial charge on any atom is 0.338 e. The number of aromatic carboxylic acids is 1. The first-order chi connectivity index (χ1) is 9.49. The molecule has 0 amide bonds. The van der Waals surface area contributed by atoms with Crippen LogP contribution in [0.2, 0.25) is 0 Å². The molecule has 0 aliphatic carbocycles. The monoisotopic (exact) mass is 275 g/mol. The molecule has 5 nitrogen and oxygen atoms in total. The molecule has 0 bridgehead atoms. The molecule has 0 aliphatic heterocycles. The van der Waals surface area contributed by atoms with Crippen LogP contribution < -0.4 is 10.2 Å². The Hall–Kier alpha value is -2.63. The zero-order chi connectivity index (χ0) is 14.7. The maximum absolute atomic E-state index is 14.0. The van der Waals surface area contributed by atoms with E-state index < -0.39 is 17.3 Å². The summed E-state index contributed by atoms with van der Waals surface area (Å²) >= 11 is 0. The van der Waals surface area contributed by atoms with Crippen LogP contribution >= 0.6 is 0 Å². The van der Waals surface area contributed by atoms with Gasteiger partial charge in [-0.15, -0.1) is 0 Å². The number of carboxylic acids is 1. The average Bonchev–Trinajstić information content (AvgIpc) is 2.41. The van der Waals surface area contributed by atoms with E-state index in [1.54, 1.807) is 6.07 Å². The largest absolute Gasteiger partial charge is 0.478 e. The Labute approximate surface area is 115 Å². The predicted octanol–water partition coefficient (Wildman–Crippen LogP) is 2.73. The van der Waals surface area contributed by atoms with Crippen LogP contribution in [0, 0.1) is 5.82 Å². The van der Waals surface area contributed by atoms with Crippen molar-refractivity contribution in [3.05, 3.63) is 47.9 Å². The van der Waals surface area contributed by atoms with Gasteiger partial charge in [0.25, 0.3) is 0 Å². The van der Waals surface area contributed by atoms with Gasteiger partial charge in [-0.2, -0.15) is 0 Å². The Morgan fingerprint density at radius 1 is 1.35 bits per heavy atom. The van der Waals surface area contributed by atoms with Crippen LogP contribution in [0.15, 0.2) is 36.5 Å². The minimum atomic E-state index is -1.32. The Kier molecular flexibility index (Phi) is 3.84. The number of nitrogens with zero attached hydrogens (tertiary/aromatic N) is 2.